The summed E-state index contributed by atoms with van der Waals surface area (Å²) in [4.78, 5) is 4.41. The molecule has 0 saturated carbocycles. The molecule has 0 radical (unpaired) electrons. The maximum absolute atomic E-state index is 6.08. The van der Waals surface area contributed by atoms with E-state index in [0.29, 0.717) is 18.9 Å². The summed E-state index contributed by atoms with van der Waals surface area (Å²) in [5.74, 6) is 0.896. The number of nitrogens with zero attached hydrogens (tertiary/aromatic N) is 1. The lowest BCUT2D eigenvalue weighted by Gasteiger charge is -2.01. The van der Waals surface area contributed by atoms with Crippen LogP contribution in [0.1, 0.15) is 30.0 Å². The first kappa shape index (κ1) is 12.1. The van der Waals surface area contributed by atoms with Crippen LogP contribution < -0.4 is 5.73 Å². The van der Waals surface area contributed by atoms with E-state index in [4.69, 9.17) is 21.8 Å². The van der Waals surface area contributed by atoms with Gasteiger partial charge in [0.1, 0.15) is 6.26 Å². The highest BCUT2D eigenvalue weighted by Crippen LogP contribution is 2.20. The van der Waals surface area contributed by atoms with Crippen LogP contribution in [0.4, 0.5) is 0 Å². The highest BCUT2D eigenvalue weighted by atomic mass is 35.5. The molecule has 0 bridgehead atoms. The predicted octanol–water partition coefficient (Wildman–Crippen LogP) is 2.98. The number of nitrogens with two attached hydrogens (primary N) is 1. The van der Waals surface area contributed by atoms with Gasteiger partial charge in [0.25, 0.3) is 0 Å². The molecule has 0 aliphatic carbocycles. The summed E-state index contributed by atoms with van der Waals surface area (Å²) >= 11 is 6.08. The standard InChI is InChI=1S/C13H15ClN2O/c1-9(7-15)12-8-17-13(16-12)6-10-4-2-3-5-11(10)14/h2-5,8-9H,6-7,15H2,1H3. The molecule has 0 spiro atoms. The molecular formula is C13H15ClN2O. The molecule has 0 aliphatic rings. The topological polar surface area (TPSA) is 52.0 Å². The molecule has 3 nitrogen and oxygen atoms in total. The van der Waals surface area contributed by atoms with Gasteiger partial charge >= 0.3 is 0 Å². The van der Waals surface area contributed by atoms with E-state index in [1.807, 2.05) is 31.2 Å². The van der Waals surface area contributed by atoms with Crippen LogP contribution in [0.2, 0.25) is 5.02 Å². The second-order valence-corrected chi connectivity index (χ2v) is 4.48. The molecule has 0 saturated heterocycles. The molecule has 0 fully saturated rings. The smallest absolute Gasteiger partial charge is 0.198 e. The zero-order chi connectivity index (χ0) is 12.3. The van der Waals surface area contributed by atoms with E-state index >= 15 is 0 Å². The molecule has 2 rings (SSSR count). The number of halogens is 1. The Labute approximate surface area is 106 Å². The van der Waals surface area contributed by atoms with Gasteiger partial charge < -0.3 is 10.2 Å². The minimum Gasteiger partial charge on any atom is -0.448 e. The third kappa shape index (κ3) is 2.87. The molecule has 2 aromatic rings. The summed E-state index contributed by atoms with van der Waals surface area (Å²) in [5, 5.41) is 0.735. The van der Waals surface area contributed by atoms with Crippen LogP contribution in [-0.2, 0) is 6.42 Å². The Hall–Kier alpha value is -1.32. The molecule has 0 aliphatic heterocycles. The monoisotopic (exact) mass is 250 g/mol. The third-order valence-electron chi connectivity index (χ3n) is 2.73. The van der Waals surface area contributed by atoms with Gasteiger partial charge in [0.15, 0.2) is 5.89 Å². The second kappa shape index (κ2) is 5.34. The zero-order valence-corrected chi connectivity index (χ0v) is 10.4. The maximum atomic E-state index is 6.08. The second-order valence-electron chi connectivity index (χ2n) is 4.07. The first-order valence-electron chi connectivity index (χ1n) is 5.58. The van der Waals surface area contributed by atoms with Crippen LogP contribution in [0, 0.1) is 0 Å². The Bertz CT molecular complexity index is 496. The normalized spacial score (nSPS) is 12.6. The van der Waals surface area contributed by atoms with E-state index in [-0.39, 0.29) is 5.92 Å². The number of aromatic nitrogens is 1. The molecule has 1 aromatic carbocycles. The van der Waals surface area contributed by atoms with Crippen LogP contribution in [0.3, 0.4) is 0 Å². The Morgan fingerprint density at radius 3 is 2.88 bits per heavy atom. The lowest BCUT2D eigenvalue weighted by molar-refractivity contribution is 0.505. The summed E-state index contributed by atoms with van der Waals surface area (Å²) in [7, 11) is 0. The minimum absolute atomic E-state index is 0.221. The fraction of sp³-hybridized carbons (Fsp3) is 0.308. The molecule has 1 atom stereocenters. The van der Waals surface area contributed by atoms with Crippen molar-refractivity contribution in [1.82, 2.24) is 4.98 Å². The summed E-state index contributed by atoms with van der Waals surface area (Å²) < 4.78 is 5.42. The summed E-state index contributed by atoms with van der Waals surface area (Å²) in [6.45, 7) is 2.59. The molecular weight excluding hydrogens is 236 g/mol. The van der Waals surface area contributed by atoms with Gasteiger partial charge in [0, 0.05) is 17.5 Å². The number of rotatable bonds is 4. The van der Waals surface area contributed by atoms with E-state index < -0.39 is 0 Å². The largest absolute Gasteiger partial charge is 0.448 e. The first-order chi connectivity index (χ1) is 8.20. The Kier molecular flexibility index (Phi) is 3.82. The molecule has 0 amide bonds. The van der Waals surface area contributed by atoms with Crippen LogP contribution in [0.15, 0.2) is 34.9 Å². The lowest BCUT2D eigenvalue weighted by atomic mass is 10.1. The molecule has 1 unspecified atom stereocenters. The van der Waals surface area contributed by atoms with Crippen molar-refractivity contribution in [2.45, 2.75) is 19.3 Å². The van der Waals surface area contributed by atoms with E-state index in [2.05, 4.69) is 4.98 Å². The molecule has 17 heavy (non-hydrogen) atoms. The van der Waals surface area contributed by atoms with Gasteiger partial charge in [-0.2, -0.15) is 0 Å². The molecule has 90 valence electrons. The van der Waals surface area contributed by atoms with Gasteiger partial charge in [-0.3, -0.25) is 0 Å². The average Bonchev–Trinajstić information content (AvgIpc) is 2.80. The van der Waals surface area contributed by atoms with Crippen molar-refractivity contribution < 1.29 is 4.42 Å². The van der Waals surface area contributed by atoms with Crippen LogP contribution >= 0.6 is 11.6 Å². The van der Waals surface area contributed by atoms with Gasteiger partial charge in [-0.1, -0.05) is 36.7 Å². The van der Waals surface area contributed by atoms with Crippen molar-refractivity contribution >= 4 is 11.6 Å². The van der Waals surface area contributed by atoms with Gasteiger partial charge in [0.2, 0.25) is 0 Å². The van der Waals surface area contributed by atoms with Crippen molar-refractivity contribution in [1.29, 1.82) is 0 Å². The average molecular weight is 251 g/mol. The highest BCUT2D eigenvalue weighted by Gasteiger charge is 2.11. The van der Waals surface area contributed by atoms with Crippen LogP contribution in [-0.4, -0.2) is 11.5 Å². The highest BCUT2D eigenvalue weighted by molar-refractivity contribution is 6.31. The van der Waals surface area contributed by atoms with Gasteiger partial charge in [-0.15, -0.1) is 0 Å². The van der Waals surface area contributed by atoms with Crippen molar-refractivity contribution in [3.05, 3.63) is 52.7 Å². The van der Waals surface area contributed by atoms with E-state index in [0.717, 1.165) is 16.3 Å². The molecule has 1 heterocycles. The maximum Gasteiger partial charge on any atom is 0.198 e. The number of benzene rings is 1. The first-order valence-corrected chi connectivity index (χ1v) is 5.96. The van der Waals surface area contributed by atoms with Crippen molar-refractivity contribution in [2.24, 2.45) is 5.73 Å². The number of oxazole rings is 1. The Balaban J connectivity index is 2.14. The third-order valence-corrected chi connectivity index (χ3v) is 3.10. The fourth-order valence-corrected chi connectivity index (χ4v) is 1.76. The fourth-order valence-electron chi connectivity index (χ4n) is 1.56. The SMILES string of the molecule is CC(CN)c1coc(Cc2ccccc2Cl)n1. The Morgan fingerprint density at radius 2 is 2.18 bits per heavy atom. The number of hydrogen-bond acceptors (Lipinski definition) is 3. The van der Waals surface area contributed by atoms with E-state index in [1.54, 1.807) is 6.26 Å². The van der Waals surface area contributed by atoms with E-state index in [9.17, 15) is 0 Å². The van der Waals surface area contributed by atoms with Crippen molar-refractivity contribution in [2.75, 3.05) is 6.54 Å². The van der Waals surface area contributed by atoms with Gasteiger partial charge in [-0.05, 0) is 11.6 Å². The summed E-state index contributed by atoms with van der Waals surface area (Å²) in [5.41, 5.74) is 7.50. The quantitative estimate of drug-likeness (QED) is 0.908. The Morgan fingerprint density at radius 1 is 1.41 bits per heavy atom. The van der Waals surface area contributed by atoms with Crippen LogP contribution in [0.25, 0.3) is 0 Å². The van der Waals surface area contributed by atoms with E-state index in [1.165, 1.54) is 0 Å². The molecule has 1 aromatic heterocycles. The van der Waals surface area contributed by atoms with Gasteiger partial charge in [0.05, 0.1) is 12.1 Å². The minimum atomic E-state index is 0.221. The van der Waals surface area contributed by atoms with Gasteiger partial charge in [-0.25, -0.2) is 4.98 Å². The predicted molar refractivity (Wildman–Crippen MR) is 68.2 cm³/mol. The zero-order valence-electron chi connectivity index (χ0n) is 9.69. The lowest BCUT2D eigenvalue weighted by Crippen LogP contribution is -2.09. The van der Waals surface area contributed by atoms with Crippen molar-refractivity contribution in [3.63, 3.8) is 0 Å². The van der Waals surface area contributed by atoms with Crippen LogP contribution in [0.5, 0.6) is 0 Å². The van der Waals surface area contributed by atoms with Crippen molar-refractivity contribution in [3.8, 4) is 0 Å². The number of hydrogen-bond donors (Lipinski definition) is 1. The molecule has 4 heteroatoms. The summed E-state index contributed by atoms with van der Waals surface area (Å²) in [6.07, 6.45) is 2.28. The summed E-state index contributed by atoms with van der Waals surface area (Å²) in [6, 6.07) is 7.69. The molecule has 2 N–H and O–H groups in total.